The van der Waals surface area contributed by atoms with Crippen LogP contribution in [0.15, 0.2) is 53.4 Å². The Kier molecular flexibility index (Phi) is 7.10. The zero-order valence-corrected chi connectivity index (χ0v) is 16.5. The van der Waals surface area contributed by atoms with Crippen LogP contribution in [0.25, 0.3) is 0 Å². The fraction of sp³-hybridized carbons (Fsp3) is 0.350. The summed E-state index contributed by atoms with van der Waals surface area (Å²) in [6, 6.07) is 12.1. The lowest BCUT2D eigenvalue weighted by Crippen LogP contribution is -2.30. The maximum atomic E-state index is 13.0. The van der Waals surface area contributed by atoms with E-state index in [9.17, 15) is 17.6 Å². The van der Waals surface area contributed by atoms with Crippen LogP contribution in [0.5, 0.6) is 0 Å². The molecule has 5 nitrogen and oxygen atoms in total. The average Bonchev–Trinajstić information content (AvgIpc) is 2.60. The number of aryl methyl sites for hydroxylation is 1. The second-order valence-electron chi connectivity index (χ2n) is 6.76. The molecule has 0 heterocycles. The monoisotopic (exact) mass is 392 g/mol. The van der Waals surface area contributed by atoms with E-state index in [1.807, 2.05) is 6.92 Å². The van der Waals surface area contributed by atoms with Gasteiger partial charge in [-0.1, -0.05) is 24.3 Å². The van der Waals surface area contributed by atoms with Crippen molar-refractivity contribution in [3.63, 3.8) is 0 Å². The number of rotatable bonds is 8. The highest BCUT2D eigenvalue weighted by Gasteiger charge is 2.15. The molecule has 0 saturated carbocycles. The van der Waals surface area contributed by atoms with Crippen molar-refractivity contribution in [1.29, 1.82) is 0 Å². The van der Waals surface area contributed by atoms with E-state index >= 15 is 0 Å². The molecule has 1 amide bonds. The number of benzene rings is 2. The number of carbonyl (C=O) groups is 1. The van der Waals surface area contributed by atoms with Gasteiger partial charge in [0.25, 0.3) is 0 Å². The average molecular weight is 392 g/mol. The minimum Gasteiger partial charge on any atom is -0.350 e. The van der Waals surface area contributed by atoms with Crippen LogP contribution in [-0.4, -0.2) is 20.4 Å². The molecule has 0 saturated heterocycles. The van der Waals surface area contributed by atoms with Gasteiger partial charge in [0.1, 0.15) is 5.82 Å². The summed E-state index contributed by atoms with van der Waals surface area (Å²) in [4.78, 5) is 12.3. The van der Waals surface area contributed by atoms with Gasteiger partial charge in [0, 0.05) is 12.5 Å². The lowest BCUT2D eigenvalue weighted by Gasteiger charge is -2.14. The van der Waals surface area contributed by atoms with E-state index in [0.29, 0.717) is 6.42 Å². The van der Waals surface area contributed by atoms with Gasteiger partial charge < -0.3 is 5.32 Å². The predicted octanol–water partition coefficient (Wildman–Crippen LogP) is 3.32. The van der Waals surface area contributed by atoms with Gasteiger partial charge in [-0.25, -0.2) is 17.5 Å². The molecule has 0 bridgehead atoms. The standard InChI is InChI=1S/C20H25FN2O3S/c1-14(2)23-27(25,26)19-11-4-16(5-12-19)6-13-20(24)22-15(3)17-7-9-18(21)10-8-17/h4-5,7-12,14-15,23H,6,13H2,1-3H3,(H,22,24)/t15-/m1/s1. The number of hydrogen-bond donors (Lipinski definition) is 2. The van der Waals surface area contributed by atoms with Gasteiger partial charge in [-0.3, -0.25) is 4.79 Å². The van der Waals surface area contributed by atoms with Gasteiger partial charge in [0.2, 0.25) is 15.9 Å². The molecule has 0 aliphatic carbocycles. The number of hydrogen-bond acceptors (Lipinski definition) is 3. The van der Waals surface area contributed by atoms with Crippen molar-refractivity contribution in [2.75, 3.05) is 0 Å². The molecule has 2 N–H and O–H groups in total. The molecule has 1 atom stereocenters. The largest absolute Gasteiger partial charge is 0.350 e. The number of halogens is 1. The smallest absolute Gasteiger partial charge is 0.240 e. The maximum absolute atomic E-state index is 13.0. The lowest BCUT2D eigenvalue weighted by atomic mass is 10.1. The third-order valence-electron chi connectivity index (χ3n) is 4.01. The molecular weight excluding hydrogens is 367 g/mol. The molecule has 7 heteroatoms. The summed E-state index contributed by atoms with van der Waals surface area (Å²) in [6.07, 6.45) is 0.780. The third kappa shape index (κ3) is 6.45. The van der Waals surface area contributed by atoms with Crippen LogP contribution < -0.4 is 10.0 Å². The third-order valence-corrected chi connectivity index (χ3v) is 5.69. The molecule has 0 radical (unpaired) electrons. The van der Waals surface area contributed by atoms with Crippen LogP contribution in [0.4, 0.5) is 4.39 Å². The van der Waals surface area contributed by atoms with Crippen molar-refractivity contribution in [3.05, 3.63) is 65.5 Å². The molecule has 27 heavy (non-hydrogen) atoms. The first-order valence-electron chi connectivity index (χ1n) is 8.83. The Morgan fingerprint density at radius 2 is 1.59 bits per heavy atom. The minimum atomic E-state index is -3.51. The maximum Gasteiger partial charge on any atom is 0.240 e. The number of nitrogens with one attached hydrogen (secondary N) is 2. The predicted molar refractivity (Wildman–Crippen MR) is 103 cm³/mol. The quantitative estimate of drug-likeness (QED) is 0.724. The molecule has 2 aromatic carbocycles. The van der Waals surface area contributed by atoms with Crippen molar-refractivity contribution in [2.45, 2.75) is 50.6 Å². The number of amides is 1. The van der Waals surface area contributed by atoms with Gasteiger partial charge in [-0.2, -0.15) is 0 Å². The Morgan fingerprint density at radius 1 is 1.00 bits per heavy atom. The second-order valence-corrected chi connectivity index (χ2v) is 8.47. The van der Waals surface area contributed by atoms with Gasteiger partial charge in [0.15, 0.2) is 0 Å². The Hall–Kier alpha value is -2.25. The van der Waals surface area contributed by atoms with Crippen LogP contribution in [0.3, 0.4) is 0 Å². The Labute approximate surface area is 160 Å². The summed E-state index contributed by atoms with van der Waals surface area (Å²) in [5, 5.41) is 2.88. The highest BCUT2D eigenvalue weighted by molar-refractivity contribution is 7.89. The first kappa shape index (κ1) is 21.1. The SMILES string of the molecule is CC(C)NS(=O)(=O)c1ccc(CCC(=O)N[C@H](C)c2ccc(F)cc2)cc1. The molecule has 2 rings (SSSR count). The Morgan fingerprint density at radius 3 is 2.15 bits per heavy atom. The summed E-state index contributed by atoms with van der Waals surface area (Å²) < 4.78 is 39.7. The molecule has 0 aliphatic rings. The zero-order valence-electron chi connectivity index (χ0n) is 15.7. The van der Waals surface area contributed by atoms with Gasteiger partial charge in [-0.05, 0) is 62.6 Å². The van der Waals surface area contributed by atoms with E-state index in [-0.39, 0.29) is 35.1 Å². The normalized spacial score (nSPS) is 12.8. The fourth-order valence-corrected chi connectivity index (χ4v) is 3.87. The van der Waals surface area contributed by atoms with Crippen molar-refractivity contribution in [3.8, 4) is 0 Å². The van der Waals surface area contributed by atoms with Crippen molar-refractivity contribution in [2.24, 2.45) is 0 Å². The van der Waals surface area contributed by atoms with Crippen molar-refractivity contribution < 1.29 is 17.6 Å². The Bertz CT molecular complexity index is 863. The molecule has 0 aromatic heterocycles. The summed E-state index contributed by atoms with van der Waals surface area (Å²) in [5.41, 5.74) is 1.71. The van der Waals surface area contributed by atoms with E-state index in [0.717, 1.165) is 11.1 Å². The topological polar surface area (TPSA) is 75.3 Å². The number of sulfonamides is 1. The van der Waals surface area contributed by atoms with Gasteiger partial charge in [0.05, 0.1) is 10.9 Å². The molecule has 146 valence electrons. The summed E-state index contributed by atoms with van der Waals surface area (Å²) >= 11 is 0. The van der Waals surface area contributed by atoms with Crippen LogP contribution >= 0.6 is 0 Å². The Balaban J connectivity index is 1.89. The van der Waals surface area contributed by atoms with Crippen LogP contribution in [0, 0.1) is 5.82 Å². The first-order chi connectivity index (χ1) is 12.7. The van der Waals surface area contributed by atoms with Crippen molar-refractivity contribution >= 4 is 15.9 Å². The molecule has 0 unspecified atom stereocenters. The summed E-state index contributed by atoms with van der Waals surface area (Å²) in [6.45, 7) is 5.36. The molecule has 0 spiro atoms. The minimum absolute atomic E-state index is 0.120. The number of carbonyl (C=O) groups excluding carboxylic acids is 1. The second kappa shape index (κ2) is 9.10. The van der Waals surface area contributed by atoms with Crippen LogP contribution in [0.2, 0.25) is 0 Å². The summed E-state index contributed by atoms with van der Waals surface area (Å²) in [5.74, 6) is -0.434. The fourth-order valence-electron chi connectivity index (χ4n) is 2.62. The zero-order chi connectivity index (χ0) is 20.0. The van der Waals surface area contributed by atoms with Gasteiger partial charge >= 0.3 is 0 Å². The lowest BCUT2D eigenvalue weighted by molar-refractivity contribution is -0.121. The van der Waals surface area contributed by atoms with Crippen LogP contribution in [-0.2, 0) is 21.2 Å². The molecule has 0 fully saturated rings. The summed E-state index contributed by atoms with van der Waals surface area (Å²) in [7, 11) is -3.51. The van der Waals surface area contributed by atoms with Gasteiger partial charge in [-0.15, -0.1) is 0 Å². The van der Waals surface area contributed by atoms with E-state index < -0.39 is 10.0 Å². The molecule has 2 aromatic rings. The molecule has 0 aliphatic heterocycles. The van der Waals surface area contributed by atoms with E-state index in [1.165, 1.54) is 12.1 Å². The van der Waals surface area contributed by atoms with E-state index in [1.54, 1.807) is 50.2 Å². The highest BCUT2D eigenvalue weighted by Crippen LogP contribution is 2.15. The van der Waals surface area contributed by atoms with E-state index in [2.05, 4.69) is 10.0 Å². The van der Waals surface area contributed by atoms with E-state index in [4.69, 9.17) is 0 Å². The molecular formula is C20H25FN2O3S. The first-order valence-corrected chi connectivity index (χ1v) is 10.3. The van der Waals surface area contributed by atoms with Crippen LogP contribution in [0.1, 0.15) is 44.4 Å². The van der Waals surface area contributed by atoms with Crippen molar-refractivity contribution in [1.82, 2.24) is 10.0 Å². The highest BCUT2D eigenvalue weighted by atomic mass is 32.2.